The summed E-state index contributed by atoms with van der Waals surface area (Å²) in [4.78, 5) is 4.70. The van der Waals surface area contributed by atoms with Gasteiger partial charge in [-0.15, -0.1) is 10.2 Å². The molecule has 5 aromatic rings. The Labute approximate surface area is 179 Å². The van der Waals surface area contributed by atoms with Crippen molar-refractivity contribution in [2.75, 3.05) is 0 Å². The van der Waals surface area contributed by atoms with E-state index in [1.54, 1.807) is 18.0 Å². The Balaban J connectivity index is 1.47. The summed E-state index contributed by atoms with van der Waals surface area (Å²) in [6, 6.07) is 11.9. The summed E-state index contributed by atoms with van der Waals surface area (Å²) < 4.78 is 14.6. The molecule has 5 rings (SSSR count). The number of halogens is 1. The van der Waals surface area contributed by atoms with Crippen LogP contribution in [0.5, 0.6) is 0 Å². The molecule has 0 aliphatic heterocycles. The Bertz CT molecular complexity index is 1340. The topological polar surface area (TPSA) is 69.4 Å². The minimum atomic E-state index is 0.622. The Morgan fingerprint density at radius 1 is 1.14 bits per heavy atom. The second-order valence-electron chi connectivity index (χ2n) is 6.63. The monoisotopic (exact) mass is 468 g/mol. The largest absolute Gasteiger partial charge is 0.463 e. The van der Waals surface area contributed by atoms with Crippen molar-refractivity contribution in [1.29, 1.82) is 0 Å². The molecule has 0 aliphatic rings. The molecule has 0 saturated heterocycles. The molecule has 0 spiro atoms. The van der Waals surface area contributed by atoms with E-state index in [-0.39, 0.29) is 0 Å². The van der Waals surface area contributed by atoms with Crippen LogP contribution in [0.2, 0.25) is 0 Å². The number of fused-ring (bicyclic) bond motifs is 3. The summed E-state index contributed by atoms with van der Waals surface area (Å²) in [7, 11) is 0. The van der Waals surface area contributed by atoms with Crippen molar-refractivity contribution in [3.63, 3.8) is 0 Å². The van der Waals surface area contributed by atoms with Crippen LogP contribution in [-0.2, 0) is 12.2 Å². The fourth-order valence-electron chi connectivity index (χ4n) is 3.34. The third kappa shape index (κ3) is 3.26. The highest BCUT2D eigenvalue weighted by Crippen LogP contribution is 2.32. The fourth-order valence-corrected chi connectivity index (χ4v) is 4.67. The van der Waals surface area contributed by atoms with Crippen LogP contribution in [0, 0.1) is 6.92 Å². The van der Waals surface area contributed by atoms with E-state index in [4.69, 9.17) is 13.8 Å². The van der Waals surface area contributed by atoms with Crippen molar-refractivity contribution in [3.8, 4) is 11.5 Å². The number of hydrogen-bond donors (Lipinski definition) is 0. The van der Waals surface area contributed by atoms with Gasteiger partial charge in [0.1, 0.15) is 16.6 Å². The normalized spacial score (nSPS) is 11.7. The van der Waals surface area contributed by atoms with Crippen molar-refractivity contribution >= 4 is 44.3 Å². The summed E-state index contributed by atoms with van der Waals surface area (Å²) in [6.07, 6.45) is 2.49. The van der Waals surface area contributed by atoms with E-state index in [0.717, 1.165) is 55.4 Å². The van der Waals surface area contributed by atoms with Crippen molar-refractivity contribution in [1.82, 2.24) is 19.6 Å². The first-order chi connectivity index (χ1) is 14.1. The lowest BCUT2D eigenvalue weighted by atomic mass is 10.2. The first-order valence-electron chi connectivity index (χ1n) is 9.23. The lowest BCUT2D eigenvalue weighted by Crippen LogP contribution is -2.03. The van der Waals surface area contributed by atoms with Crippen LogP contribution >= 0.6 is 27.7 Å². The first kappa shape index (κ1) is 18.4. The van der Waals surface area contributed by atoms with Gasteiger partial charge in [-0.25, -0.2) is 4.98 Å². The maximum Gasteiger partial charge on any atom is 0.226 e. The average molecular weight is 469 g/mol. The molecule has 146 valence electrons. The molecule has 0 amide bonds. The number of hydrogen-bond acceptors (Lipinski definition) is 6. The maximum absolute atomic E-state index is 5.90. The van der Waals surface area contributed by atoms with Gasteiger partial charge in [0.25, 0.3) is 0 Å². The quantitative estimate of drug-likeness (QED) is 0.292. The van der Waals surface area contributed by atoms with Crippen molar-refractivity contribution < 1.29 is 8.83 Å². The fraction of sp³-hybridized carbons (Fsp3) is 0.190. The van der Waals surface area contributed by atoms with Crippen LogP contribution in [0.1, 0.15) is 24.2 Å². The van der Waals surface area contributed by atoms with Crippen LogP contribution < -0.4 is 0 Å². The van der Waals surface area contributed by atoms with Crippen LogP contribution in [0.3, 0.4) is 0 Å². The highest BCUT2D eigenvalue weighted by Gasteiger charge is 2.17. The number of aryl methyl sites for hydroxylation is 2. The Kier molecular flexibility index (Phi) is 4.67. The molecular weight excluding hydrogens is 452 g/mol. The minimum absolute atomic E-state index is 0.622. The molecular formula is C21H17BrN4O2S. The molecule has 0 bridgehead atoms. The Morgan fingerprint density at radius 2 is 2.03 bits per heavy atom. The molecule has 4 heterocycles. The van der Waals surface area contributed by atoms with Crippen molar-refractivity contribution in [2.45, 2.75) is 31.0 Å². The standard InChI is InChI=1S/C21H17BrN4O2S/c1-3-19-24-25-21(17-10-18-16(26(17)19)7-8-27-18)29-11-15-12(2)28-20(23-15)13-5-4-6-14(22)9-13/h4-10H,3,11H2,1-2H3. The van der Waals surface area contributed by atoms with Gasteiger partial charge in [0, 0.05) is 34.3 Å². The molecule has 0 saturated carbocycles. The van der Waals surface area contributed by atoms with E-state index in [1.807, 2.05) is 43.3 Å². The number of thioether (sulfide) groups is 1. The van der Waals surface area contributed by atoms with E-state index in [2.05, 4.69) is 37.5 Å². The van der Waals surface area contributed by atoms with Crippen LogP contribution in [-0.4, -0.2) is 19.6 Å². The number of furan rings is 1. The summed E-state index contributed by atoms with van der Waals surface area (Å²) in [5.74, 6) is 2.99. The number of oxazole rings is 1. The number of benzene rings is 1. The smallest absolute Gasteiger partial charge is 0.226 e. The van der Waals surface area contributed by atoms with Crippen LogP contribution in [0.25, 0.3) is 28.1 Å². The molecule has 0 unspecified atom stereocenters. The van der Waals surface area contributed by atoms with Crippen LogP contribution in [0.4, 0.5) is 0 Å². The molecule has 29 heavy (non-hydrogen) atoms. The Hall–Kier alpha value is -2.58. The van der Waals surface area contributed by atoms with Gasteiger partial charge in [0.2, 0.25) is 5.89 Å². The summed E-state index contributed by atoms with van der Waals surface area (Å²) in [6.45, 7) is 4.01. The van der Waals surface area contributed by atoms with Gasteiger partial charge < -0.3 is 8.83 Å². The molecule has 0 N–H and O–H groups in total. The highest BCUT2D eigenvalue weighted by atomic mass is 79.9. The molecule has 8 heteroatoms. The molecule has 0 aliphatic carbocycles. The third-order valence-electron chi connectivity index (χ3n) is 4.78. The predicted molar refractivity (Wildman–Crippen MR) is 116 cm³/mol. The predicted octanol–water partition coefficient (Wildman–Crippen LogP) is 6.06. The lowest BCUT2D eigenvalue weighted by Gasteiger charge is -2.06. The number of aromatic nitrogens is 4. The molecule has 4 aromatic heterocycles. The summed E-state index contributed by atoms with van der Waals surface area (Å²) >= 11 is 5.09. The van der Waals surface area contributed by atoms with Gasteiger partial charge in [-0.3, -0.25) is 4.40 Å². The molecule has 0 radical (unpaired) electrons. The van der Waals surface area contributed by atoms with Gasteiger partial charge >= 0.3 is 0 Å². The Morgan fingerprint density at radius 3 is 2.86 bits per heavy atom. The SMILES string of the molecule is CCc1nnc(SCc2nc(-c3cccc(Br)c3)oc2C)c2cc3occc3n12. The van der Waals surface area contributed by atoms with Crippen molar-refractivity contribution in [2.24, 2.45) is 0 Å². The molecule has 0 fully saturated rings. The van der Waals surface area contributed by atoms with Crippen molar-refractivity contribution in [3.05, 3.63) is 64.4 Å². The van der Waals surface area contributed by atoms with E-state index in [9.17, 15) is 0 Å². The van der Waals surface area contributed by atoms with E-state index < -0.39 is 0 Å². The minimum Gasteiger partial charge on any atom is -0.463 e. The second-order valence-corrected chi connectivity index (χ2v) is 8.51. The third-order valence-corrected chi connectivity index (χ3v) is 6.26. The van der Waals surface area contributed by atoms with Gasteiger partial charge in [-0.05, 0) is 25.1 Å². The highest BCUT2D eigenvalue weighted by molar-refractivity contribution is 9.10. The van der Waals surface area contributed by atoms with Gasteiger partial charge in [-0.1, -0.05) is 40.7 Å². The van der Waals surface area contributed by atoms with E-state index >= 15 is 0 Å². The van der Waals surface area contributed by atoms with Gasteiger partial charge in [-0.2, -0.15) is 0 Å². The zero-order valence-corrected chi connectivity index (χ0v) is 18.2. The van der Waals surface area contributed by atoms with E-state index in [0.29, 0.717) is 11.6 Å². The molecule has 6 nitrogen and oxygen atoms in total. The number of nitrogens with zero attached hydrogens (tertiary/aromatic N) is 4. The maximum atomic E-state index is 5.90. The summed E-state index contributed by atoms with van der Waals surface area (Å²) in [5.41, 5.74) is 4.71. The zero-order valence-electron chi connectivity index (χ0n) is 15.8. The molecule has 1 aromatic carbocycles. The van der Waals surface area contributed by atoms with E-state index in [1.165, 1.54) is 0 Å². The van der Waals surface area contributed by atoms with Gasteiger partial charge in [0.15, 0.2) is 5.58 Å². The van der Waals surface area contributed by atoms with Gasteiger partial charge in [0.05, 0.1) is 23.0 Å². The molecule has 0 atom stereocenters. The second kappa shape index (κ2) is 7.35. The number of rotatable bonds is 5. The average Bonchev–Trinajstić information content (AvgIpc) is 3.41. The zero-order chi connectivity index (χ0) is 20.0. The van der Waals surface area contributed by atoms with Crippen LogP contribution in [0.15, 0.2) is 61.0 Å². The lowest BCUT2D eigenvalue weighted by molar-refractivity contribution is 0.540. The first-order valence-corrected chi connectivity index (χ1v) is 11.0. The summed E-state index contributed by atoms with van der Waals surface area (Å²) in [5, 5.41) is 9.73.